The maximum atomic E-state index is 11.4. The smallest absolute Gasteiger partial charge is 0.338 e. The Balaban J connectivity index is 2.08. The number of benzene rings is 2. The molecule has 4 nitrogen and oxygen atoms in total. The van der Waals surface area contributed by atoms with Crippen molar-refractivity contribution >= 4 is 12.4 Å². The molecule has 0 N–H and O–H groups in total. The summed E-state index contributed by atoms with van der Waals surface area (Å²) in [6.45, 7) is 5.84. The van der Waals surface area contributed by atoms with Crippen LogP contribution in [0.2, 0.25) is 0 Å². The zero-order chi connectivity index (χ0) is 15.9. The lowest BCUT2D eigenvalue weighted by Gasteiger charge is -2.06. The average Bonchev–Trinajstić information content (AvgIpc) is 2.54. The van der Waals surface area contributed by atoms with E-state index in [2.05, 4.69) is 6.58 Å². The zero-order valence-corrected chi connectivity index (χ0v) is 12.2. The maximum Gasteiger partial charge on any atom is 0.338 e. The second-order valence-electron chi connectivity index (χ2n) is 4.80. The highest BCUT2D eigenvalue weighted by atomic mass is 16.5. The van der Waals surface area contributed by atoms with E-state index in [-0.39, 0.29) is 6.61 Å². The van der Waals surface area contributed by atoms with Crippen LogP contribution >= 0.6 is 0 Å². The second kappa shape index (κ2) is 7.22. The number of carbonyl (C=O) groups excluding carboxylic acids is 2. The summed E-state index contributed by atoms with van der Waals surface area (Å²) in [5, 5.41) is 0. The van der Waals surface area contributed by atoms with Gasteiger partial charge in [-0.3, -0.25) is 4.79 Å². The minimum Gasteiger partial charge on any atom is -0.463 e. The third kappa shape index (κ3) is 4.06. The Labute approximate surface area is 129 Å². The summed E-state index contributed by atoms with van der Waals surface area (Å²) in [5.41, 5.74) is 3.30. The first-order valence-electron chi connectivity index (χ1n) is 6.72. The monoisotopic (exact) mass is 296 g/mol. The van der Waals surface area contributed by atoms with Gasteiger partial charge in [-0.05, 0) is 35.7 Å². The van der Waals surface area contributed by atoms with E-state index in [1.807, 2.05) is 36.4 Å². The van der Waals surface area contributed by atoms with Crippen LogP contribution in [0.25, 0.3) is 11.1 Å². The van der Waals surface area contributed by atoms with Gasteiger partial charge in [0.1, 0.15) is 12.4 Å². The van der Waals surface area contributed by atoms with Crippen molar-refractivity contribution in [3.05, 3.63) is 66.2 Å². The van der Waals surface area contributed by atoms with E-state index in [1.165, 1.54) is 0 Å². The molecule has 112 valence electrons. The lowest BCUT2D eigenvalue weighted by atomic mass is 10.0. The summed E-state index contributed by atoms with van der Waals surface area (Å²) in [7, 11) is 0. The minimum absolute atomic E-state index is 0.263. The fourth-order valence-electron chi connectivity index (χ4n) is 1.83. The molecule has 0 radical (unpaired) electrons. The first-order valence-corrected chi connectivity index (χ1v) is 6.72. The Morgan fingerprint density at radius 1 is 1.05 bits per heavy atom. The molecular weight excluding hydrogens is 280 g/mol. The Morgan fingerprint density at radius 3 is 2.09 bits per heavy atom. The predicted molar refractivity (Wildman–Crippen MR) is 83.2 cm³/mol. The largest absolute Gasteiger partial charge is 0.463 e. The van der Waals surface area contributed by atoms with Gasteiger partial charge in [0, 0.05) is 5.57 Å². The molecule has 0 saturated carbocycles. The Bertz CT molecular complexity index is 669. The summed E-state index contributed by atoms with van der Waals surface area (Å²) in [6.07, 6.45) is 0. The molecule has 0 amide bonds. The Hall–Kier alpha value is -2.88. The van der Waals surface area contributed by atoms with Crippen molar-refractivity contribution in [2.45, 2.75) is 13.5 Å². The molecule has 0 aromatic heterocycles. The maximum absolute atomic E-state index is 11.4. The fourth-order valence-corrected chi connectivity index (χ4v) is 1.83. The molecule has 0 aliphatic rings. The molecular formula is C18H16O4. The molecule has 0 aliphatic carbocycles. The first kappa shape index (κ1) is 15.5. The standard InChI is InChI=1S/C18H16O4/c1-13(2)18(20)22-17-9-7-16(8-10-17)15-5-3-14(4-6-15)11-21-12-19/h3-10,12H,1,11H2,2H3. The highest BCUT2D eigenvalue weighted by Gasteiger charge is 2.05. The zero-order valence-electron chi connectivity index (χ0n) is 12.2. The average molecular weight is 296 g/mol. The lowest BCUT2D eigenvalue weighted by molar-refractivity contribution is -0.130. The number of carbonyl (C=O) groups is 2. The van der Waals surface area contributed by atoms with Crippen LogP contribution in [0.15, 0.2) is 60.7 Å². The van der Waals surface area contributed by atoms with E-state index >= 15 is 0 Å². The molecule has 0 aliphatic heterocycles. The normalized spacial score (nSPS) is 9.86. The van der Waals surface area contributed by atoms with Gasteiger partial charge in [-0.15, -0.1) is 0 Å². The van der Waals surface area contributed by atoms with Crippen molar-refractivity contribution in [3.63, 3.8) is 0 Å². The molecule has 22 heavy (non-hydrogen) atoms. The van der Waals surface area contributed by atoms with Gasteiger partial charge in [-0.1, -0.05) is 43.0 Å². The molecule has 0 fully saturated rings. The molecule has 2 rings (SSSR count). The molecule has 0 bridgehead atoms. The van der Waals surface area contributed by atoms with E-state index in [0.29, 0.717) is 17.8 Å². The summed E-state index contributed by atoms with van der Waals surface area (Å²) in [4.78, 5) is 21.6. The van der Waals surface area contributed by atoms with Crippen LogP contribution in [0.5, 0.6) is 5.75 Å². The molecule has 0 spiro atoms. The Morgan fingerprint density at radius 2 is 1.59 bits per heavy atom. The molecule has 0 heterocycles. The van der Waals surface area contributed by atoms with E-state index in [4.69, 9.17) is 9.47 Å². The summed E-state index contributed by atoms with van der Waals surface area (Å²) < 4.78 is 9.84. The highest BCUT2D eigenvalue weighted by molar-refractivity contribution is 5.88. The third-order valence-corrected chi connectivity index (χ3v) is 3.02. The van der Waals surface area contributed by atoms with Crippen LogP contribution < -0.4 is 4.74 Å². The van der Waals surface area contributed by atoms with Gasteiger partial charge in [0.05, 0.1) is 0 Å². The van der Waals surface area contributed by atoms with Gasteiger partial charge in [0.15, 0.2) is 0 Å². The van der Waals surface area contributed by atoms with Crippen LogP contribution in [-0.4, -0.2) is 12.4 Å². The first-order chi connectivity index (χ1) is 10.6. The number of esters is 1. The van der Waals surface area contributed by atoms with E-state index in [1.54, 1.807) is 19.1 Å². The summed E-state index contributed by atoms with van der Waals surface area (Å²) >= 11 is 0. The summed E-state index contributed by atoms with van der Waals surface area (Å²) in [6, 6.07) is 14.9. The van der Waals surface area contributed by atoms with Gasteiger partial charge in [0.2, 0.25) is 0 Å². The second-order valence-corrected chi connectivity index (χ2v) is 4.80. The van der Waals surface area contributed by atoms with Gasteiger partial charge in [-0.2, -0.15) is 0 Å². The van der Waals surface area contributed by atoms with E-state index in [9.17, 15) is 9.59 Å². The number of hydrogen-bond donors (Lipinski definition) is 0. The number of rotatable bonds is 6. The van der Waals surface area contributed by atoms with Crippen LogP contribution in [0.4, 0.5) is 0 Å². The van der Waals surface area contributed by atoms with Crippen molar-refractivity contribution < 1.29 is 19.1 Å². The molecule has 0 unspecified atom stereocenters. The van der Waals surface area contributed by atoms with Crippen LogP contribution in [0, 0.1) is 0 Å². The molecule has 4 heteroatoms. The molecule has 2 aromatic rings. The Kier molecular flexibility index (Phi) is 5.09. The van der Waals surface area contributed by atoms with Gasteiger partial charge in [-0.25, -0.2) is 4.79 Å². The van der Waals surface area contributed by atoms with Crippen LogP contribution in [0.1, 0.15) is 12.5 Å². The number of hydrogen-bond acceptors (Lipinski definition) is 4. The van der Waals surface area contributed by atoms with Crippen molar-refractivity contribution in [2.75, 3.05) is 0 Å². The van der Waals surface area contributed by atoms with Crippen molar-refractivity contribution in [1.29, 1.82) is 0 Å². The van der Waals surface area contributed by atoms with Gasteiger partial charge in [0.25, 0.3) is 6.47 Å². The van der Waals surface area contributed by atoms with Crippen LogP contribution in [0.3, 0.4) is 0 Å². The minimum atomic E-state index is -0.438. The van der Waals surface area contributed by atoms with Crippen molar-refractivity contribution in [1.82, 2.24) is 0 Å². The van der Waals surface area contributed by atoms with Gasteiger partial charge >= 0.3 is 5.97 Å². The predicted octanol–water partition coefficient (Wildman–Crippen LogP) is 3.51. The molecule has 2 aromatic carbocycles. The van der Waals surface area contributed by atoms with Crippen LogP contribution in [-0.2, 0) is 20.9 Å². The van der Waals surface area contributed by atoms with E-state index < -0.39 is 5.97 Å². The van der Waals surface area contributed by atoms with E-state index in [0.717, 1.165) is 16.7 Å². The molecule has 0 atom stereocenters. The van der Waals surface area contributed by atoms with Crippen molar-refractivity contribution in [3.8, 4) is 16.9 Å². The highest BCUT2D eigenvalue weighted by Crippen LogP contribution is 2.23. The van der Waals surface area contributed by atoms with Gasteiger partial charge < -0.3 is 9.47 Å². The lowest BCUT2D eigenvalue weighted by Crippen LogP contribution is -2.07. The number of ether oxygens (including phenoxy) is 2. The quantitative estimate of drug-likeness (QED) is 0.354. The fraction of sp³-hybridized carbons (Fsp3) is 0.111. The SMILES string of the molecule is C=C(C)C(=O)Oc1ccc(-c2ccc(COC=O)cc2)cc1. The summed E-state index contributed by atoms with van der Waals surface area (Å²) in [5.74, 6) is 0.0417. The molecule has 0 saturated heterocycles. The van der Waals surface area contributed by atoms with Crippen molar-refractivity contribution in [2.24, 2.45) is 0 Å². The topological polar surface area (TPSA) is 52.6 Å². The third-order valence-electron chi connectivity index (χ3n) is 3.02.